The van der Waals surface area contributed by atoms with Gasteiger partial charge in [-0.3, -0.25) is 9.36 Å². The highest BCUT2D eigenvalue weighted by molar-refractivity contribution is 5.77. The number of halogens is 1. The van der Waals surface area contributed by atoms with Crippen molar-refractivity contribution >= 4 is 10.9 Å². The standard InChI is InChI=1S/C23H20FN3O2/c1-29-19-12-6-16(7-13-19)14-25-15-22-26-21-5-3-2-4-20(21)23(28)27(22)18-10-8-17(24)9-11-18/h2-13,25H,14-15H2,1H3. The van der Waals surface area contributed by atoms with Crippen LogP contribution in [0.25, 0.3) is 16.6 Å². The SMILES string of the molecule is COc1ccc(CNCc2nc3ccccc3c(=O)n2-c2ccc(F)cc2)cc1. The summed E-state index contributed by atoms with van der Waals surface area (Å²) in [4.78, 5) is 17.8. The Kier molecular flexibility index (Phi) is 5.35. The zero-order valence-electron chi connectivity index (χ0n) is 15.9. The third-order valence-electron chi connectivity index (χ3n) is 4.70. The fourth-order valence-electron chi connectivity index (χ4n) is 3.22. The Labute approximate surface area is 167 Å². The first kappa shape index (κ1) is 18.8. The van der Waals surface area contributed by atoms with E-state index in [1.54, 1.807) is 25.3 Å². The third kappa shape index (κ3) is 4.02. The smallest absolute Gasteiger partial charge is 0.266 e. The quantitative estimate of drug-likeness (QED) is 0.545. The average Bonchev–Trinajstić information content (AvgIpc) is 2.75. The molecule has 0 aliphatic carbocycles. The van der Waals surface area contributed by atoms with Crippen molar-refractivity contribution in [1.29, 1.82) is 0 Å². The van der Waals surface area contributed by atoms with Crippen LogP contribution in [0.15, 0.2) is 77.6 Å². The predicted octanol–water partition coefficient (Wildman–Crippen LogP) is 3.82. The monoisotopic (exact) mass is 389 g/mol. The van der Waals surface area contributed by atoms with Crippen molar-refractivity contribution in [2.45, 2.75) is 13.1 Å². The zero-order chi connectivity index (χ0) is 20.2. The van der Waals surface area contributed by atoms with Crippen LogP contribution in [0.1, 0.15) is 11.4 Å². The Hall–Kier alpha value is -3.51. The van der Waals surface area contributed by atoms with E-state index in [-0.39, 0.29) is 11.4 Å². The van der Waals surface area contributed by atoms with Crippen LogP contribution >= 0.6 is 0 Å². The Morgan fingerprint density at radius 3 is 2.41 bits per heavy atom. The Bertz CT molecular complexity index is 1190. The fraction of sp³-hybridized carbons (Fsp3) is 0.130. The van der Waals surface area contributed by atoms with Gasteiger partial charge in [0.15, 0.2) is 0 Å². The molecule has 0 radical (unpaired) electrons. The number of rotatable bonds is 6. The normalized spacial score (nSPS) is 11.0. The minimum Gasteiger partial charge on any atom is -0.497 e. The molecule has 0 spiro atoms. The molecular weight excluding hydrogens is 369 g/mol. The second kappa shape index (κ2) is 8.24. The number of benzene rings is 3. The summed E-state index contributed by atoms with van der Waals surface area (Å²) in [6.45, 7) is 0.986. The molecule has 0 fully saturated rings. The summed E-state index contributed by atoms with van der Waals surface area (Å²) in [6.07, 6.45) is 0. The van der Waals surface area contributed by atoms with Crippen LogP contribution in [0.2, 0.25) is 0 Å². The lowest BCUT2D eigenvalue weighted by Crippen LogP contribution is -2.27. The van der Waals surface area contributed by atoms with E-state index in [1.165, 1.54) is 16.7 Å². The number of ether oxygens (including phenoxy) is 1. The van der Waals surface area contributed by atoms with Crippen LogP contribution in [0.5, 0.6) is 5.75 Å². The zero-order valence-corrected chi connectivity index (χ0v) is 15.9. The number of hydrogen-bond acceptors (Lipinski definition) is 4. The largest absolute Gasteiger partial charge is 0.497 e. The van der Waals surface area contributed by atoms with Gasteiger partial charge in [0.05, 0.1) is 30.2 Å². The van der Waals surface area contributed by atoms with Crippen molar-refractivity contribution in [3.8, 4) is 11.4 Å². The van der Waals surface area contributed by atoms with Crippen molar-refractivity contribution in [1.82, 2.24) is 14.9 Å². The van der Waals surface area contributed by atoms with Gasteiger partial charge in [0, 0.05) is 6.54 Å². The molecule has 29 heavy (non-hydrogen) atoms. The highest BCUT2D eigenvalue weighted by atomic mass is 19.1. The van der Waals surface area contributed by atoms with Gasteiger partial charge in [-0.1, -0.05) is 24.3 Å². The molecule has 4 rings (SSSR count). The van der Waals surface area contributed by atoms with E-state index in [2.05, 4.69) is 10.3 Å². The van der Waals surface area contributed by atoms with Gasteiger partial charge >= 0.3 is 0 Å². The molecule has 0 saturated carbocycles. The number of hydrogen-bond donors (Lipinski definition) is 1. The molecular formula is C23H20FN3O2. The van der Waals surface area contributed by atoms with Crippen LogP contribution in [-0.4, -0.2) is 16.7 Å². The second-order valence-corrected chi connectivity index (χ2v) is 6.61. The molecule has 3 aromatic carbocycles. The molecule has 0 unspecified atom stereocenters. The lowest BCUT2D eigenvalue weighted by molar-refractivity contribution is 0.414. The number of nitrogens with zero attached hydrogens (tertiary/aromatic N) is 2. The molecule has 0 aliphatic rings. The number of fused-ring (bicyclic) bond motifs is 1. The molecule has 1 aromatic heterocycles. The molecule has 1 heterocycles. The summed E-state index contributed by atoms with van der Waals surface area (Å²) in [5.41, 5.74) is 2.12. The van der Waals surface area contributed by atoms with Crippen LogP contribution in [0, 0.1) is 5.82 Å². The van der Waals surface area contributed by atoms with Gasteiger partial charge in [0.2, 0.25) is 0 Å². The first-order valence-corrected chi connectivity index (χ1v) is 9.26. The molecule has 1 N–H and O–H groups in total. The average molecular weight is 389 g/mol. The molecule has 5 nitrogen and oxygen atoms in total. The highest BCUT2D eigenvalue weighted by Crippen LogP contribution is 2.15. The van der Waals surface area contributed by atoms with Crippen LogP contribution < -0.4 is 15.6 Å². The minimum atomic E-state index is -0.352. The van der Waals surface area contributed by atoms with Crippen molar-refractivity contribution in [3.05, 3.63) is 100 Å². The summed E-state index contributed by atoms with van der Waals surface area (Å²) < 4.78 is 20.1. The van der Waals surface area contributed by atoms with E-state index < -0.39 is 0 Å². The Morgan fingerprint density at radius 2 is 1.69 bits per heavy atom. The van der Waals surface area contributed by atoms with Gasteiger partial charge < -0.3 is 10.1 Å². The summed E-state index contributed by atoms with van der Waals surface area (Å²) in [5, 5.41) is 3.86. The number of aromatic nitrogens is 2. The van der Waals surface area contributed by atoms with E-state index in [1.807, 2.05) is 42.5 Å². The Balaban J connectivity index is 1.67. The molecule has 4 aromatic rings. The van der Waals surface area contributed by atoms with E-state index >= 15 is 0 Å². The highest BCUT2D eigenvalue weighted by Gasteiger charge is 2.12. The van der Waals surface area contributed by atoms with E-state index in [4.69, 9.17) is 4.74 Å². The molecule has 0 amide bonds. The Morgan fingerprint density at radius 1 is 0.966 bits per heavy atom. The molecule has 0 bridgehead atoms. The maximum absolute atomic E-state index is 13.4. The van der Waals surface area contributed by atoms with Crippen LogP contribution in [0.3, 0.4) is 0 Å². The predicted molar refractivity (Wildman–Crippen MR) is 111 cm³/mol. The first-order valence-electron chi connectivity index (χ1n) is 9.26. The summed E-state index contributed by atoms with van der Waals surface area (Å²) in [6, 6.07) is 20.8. The number of para-hydroxylation sites is 1. The van der Waals surface area contributed by atoms with Crippen molar-refractivity contribution in [2.75, 3.05) is 7.11 Å². The van der Waals surface area contributed by atoms with Gasteiger partial charge in [0.1, 0.15) is 17.4 Å². The van der Waals surface area contributed by atoms with Gasteiger partial charge in [-0.2, -0.15) is 0 Å². The van der Waals surface area contributed by atoms with Crippen LogP contribution in [-0.2, 0) is 13.1 Å². The number of nitrogens with one attached hydrogen (secondary N) is 1. The lowest BCUT2D eigenvalue weighted by atomic mass is 10.2. The maximum Gasteiger partial charge on any atom is 0.266 e. The topological polar surface area (TPSA) is 56.1 Å². The van der Waals surface area contributed by atoms with Gasteiger partial charge in [-0.25, -0.2) is 9.37 Å². The summed E-state index contributed by atoms with van der Waals surface area (Å²) in [7, 11) is 1.63. The van der Waals surface area contributed by atoms with E-state index in [9.17, 15) is 9.18 Å². The van der Waals surface area contributed by atoms with Crippen molar-refractivity contribution < 1.29 is 9.13 Å². The molecule has 0 saturated heterocycles. The summed E-state index contributed by atoms with van der Waals surface area (Å²) in [5.74, 6) is 1.01. The first-order chi connectivity index (χ1) is 14.2. The van der Waals surface area contributed by atoms with Crippen molar-refractivity contribution in [2.24, 2.45) is 0 Å². The van der Waals surface area contributed by atoms with Gasteiger partial charge in [-0.05, 0) is 54.1 Å². The molecule has 146 valence electrons. The fourth-order valence-corrected chi connectivity index (χ4v) is 3.22. The van der Waals surface area contributed by atoms with Gasteiger partial charge in [-0.15, -0.1) is 0 Å². The van der Waals surface area contributed by atoms with Crippen molar-refractivity contribution in [3.63, 3.8) is 0 Å². The maximum atomic E-state index is 13.4. The molecule has 6 heteroatoms. The second-order valence-electron chi connectivity index (χ2n) is 6.61. The third-order valence-corrected chi connectivity index (χ3v) is 4.70. The summed E-state index contributed by atoms with van der Waals surface area (Å²) >= 11 is 0. The number of methoxy groups -OCH3 is 1. The molecule has 0 atom stereocenters. The van der Waals surface area contributed by atoms with Gasteiger partial charge in [0.25, 0.3) is 5.56 Å². The van der Waals surface area contributed by atoms with E-state index in [0.29, 0.717) is 35.5 Å². The van der Waals surface area contributed by atoms with Crippen LogP contribution in [0.4, 0.5) is 4.39 Å². The lowest BCUT2D eigenvalue weighted by Gasteiger charge is -2.14. The van der Waals surface area contributed by atoms with E-state index in [0.717, 1.165) is 11.3 Å². The molecule has 0 aliphatic heterocycles. The minimum absolute atomic E-state index is 0.177.